The van der Waals surface area contributed by atoms with Crippen LogP contribution in [0.5, 0.6) is 0 Å². The highest BCUT2D eigenvalue weighted by molar-refractivity contribution is 5.97. The van der Waals surface area contributed by atoms with Crippen molar-refractivity contribution in [3.05, 3.63) is 62.4 Å². The number of hydrogen-bond donors (Lipinski definition) is 1. The van der Waals surface area contributed by atoms with Gasteiger partial charge in [0.2, 0.25) is 5.91 Å². The van der Waals surface area contributed by atoms with Gasteiger partial charge in [-0.2, -0.15) is 0 Å². The van der Waals surface area contributed by atoms with Crippen molar-refractivity contribution in [3.8, 4) is 0 Å². The molecule has 1 aliphatic rings. The molecule has 2 amide bonds. The molecule has 1 aromatic carbocycles. The first-order valence-corrected chi connectivity index (χ1v) is 7.44. The molecule has 0 saturated carbocycles. The number of benzene rings is 1. The third-order valence-electron chi connectivity index (χ3n) is 3.87. The lowest BCUT2D eigenvalue weighted by atomic mass is 9.98. The number of rotatable bonds is 5. The highest BCUT2D eigenvalue weighted by Crippen LogP contribution is 2.24. The number of non-ortho nitro benzene ring substituents is 1. The zero-order chi connectivity index (χ0) is 18.8. The summed E-state index contributed by atoms with van der Waals surface area (Å²) in [6.45, 7) is 0.290. The Morgan fingerprint density at radius 1 is 1.04 bits per heavy atom. The molecule has 11 nitrogen and oxygen atoms in total. The summed E-state index contributed by atoms with van der Waals surface area (Å²) in [5, 5.41) is 23.8. The van der Waals surface area contributed by atoms with E-state index in [1.165, 1.54) is 35.2 Å². The lowest BCUT2D eigenvalue weighted by molar-refractivity contribution is -0.402. The zero-order valence-corrected chi connectivity index (χ0v) is 13.2. The Morgan fingerprint density at radius 3 is 2.23 bits per heavy atom. The van der Waals surface area contributed by atoms with Gasteiger partial charge in [0.25, 0.3) is 11.6 Å². The van der Waals surface area contributed by atoms with Crippen LogP contribution in [0.1, 0.15) is 10.6 Å². The van der Waals surface area contributed by atoms with Crippen molar-refractivity contribution in [2.75, 3.05) is 18.4 Å². The summed E-state index contributed by atoms with van der Waals surface area (Å²) in [7, 11) is 0. The number of likely N-dealkylation sites (tertiary alicyclic amines) is 1. The van der Waals surface area contributed by atoms with E-state index in [2.05, 4.69) is 5.32 Å². The fourth-order valence-corrected chi connectivity index (χ4v) is 2.42. The second-order valence-electron chi connectivity index (χ2n) is 5.60. The van der Waals surface area contributed by atoms with Gasteiger partial charge in [-0.1, -0.05) is 0 Å². The van der Waals surface area contributed by atoms with E-state index in [4.69, 9.17) is 4.42 Å². The maximum absolute atomic E-state index is 12.1. The first-order valence-electron chi connectivity index (χ1n) is 7.44. The fourth-order valence-electron chi connectivity index (χ4n) is 2.42. The maximum Gasteiger partial charge on any atom is 0.433 e. The van der Waals surface area contributed by atoms with E-state index >= 15 is 0 Å². The standard InChI is InChI=1S/C15H12N4O7/c20-14(16-10-1-3-11(4-2-10)18(22)23)9-7-17(8-9)15(21)12-5-6-13(26-12)19(24)25/h1-6,9H,7-8H2,(H,16,20). The van der Waals surface area contributed by atoms with Crippen molar-refractivity contribution in [3.63, 3.8) is 0 Å². The number of carbonyl (C=O) groups excluding carboxylic acids is 2. The number of nitro groups is 2. The van der Waals surface area contributed by atoms with E-state index in [0.717, 1.165) is 6.07 Å². The van der Waals surface area contributed by atoms with Crippen molar-refractivity contribution in [1.82, 2.24) is 4.90 Å². The van der Waals surface area contributed by atoms with E-state index in [9.17, 15) is 29.8 Å². The lowest BCUT2D eigenvalue weighted by Gasteiger charge is -2.37. The van der Waals surface area contributed by atoms with E-state index < -0.39 is 27.6 Å². The Labute approximate surface area is 145 Å². The number of nitrogens with zero attached hydrogens (tertiary/aromatic N) is 3. The molecule has 0 aliphatic carbocycles. The molecule has 0 bridgehead atoms. The monoisotopic (exact) mass is 360 g/mol. The summed E-state index contributed by atoms with van der Waals surface area (Å²) in [5.41, 5.74) is 0.322. The second-order valence-corrected chi connectivity index (χ2v) is 5.60. The van der Waals surface area contributed by atoms with Crippen LogP contribution in [-0.2, 0) is 4.79 Å². The Hall–Kier alpha value is -3.76. The molecule has 26 heavy (non-hydrogen) atoms. The van der Waals surface area contributed by atoms with Gasteiger partial charge in [0, 0.05) is 30.9 Å². The highest BCUT2D eigenvalue weighted by atomic mass is 16.6. The summed E-state index contributed by atoms with van der Waals surface area (Å²) < 4.78 is 4.84. The molecule has 3 rings (SSSR count). The quantitative estimate of drug-likeness (QED) is 0.631. The van der Waals surface area contributed by atoms with Crippen LogP contribution >= 0.6 is 0 Å². The van der Waals surface area contributed by atoms with E-state index in [-0.39, 0.29) is 30.4 Å². The molecule has 2 aromatic rings. The number of nitro benzene ring substituents is 1. The molecule has 1 aromatic heterocycles. The third kappa shape index (κ3) is 3.36. The zero-order valence-electron chi connectivity index (χ0n) is 13.2. The van der Waals surface area contributed by atoms with Crippen LogP contribution in [0.15, 0.2) is 40.8 Å². The van der Waals surface area contributed by atoms with Crippen LogP contribution in [0, 0.1) is 26.1 Å². The van der Waals surface area contributed by atoms with Crippen LogP contribution in [0.4, 0.5) is 17.3 Å². The number of hydrogen-bond acceptors (Lipinski definition) is 7. The normalized spacial score (nSPS) is 13.8. The molecule has 2 heterocycles. The molecule has 11 heteroatoms. The van der Waals surface area contributed by atoms with Crippen LogP contribution in [0.3, 0.4) is 0 Å². The van der Waals surface area contributed by atoms with Crippen LogP contribution in [0.25, 0.3) is 0 Å². The van der Waals surface area contributed by atoms with E-state index in [1.54, 1.807) is 0 Å². The van der Waals surface area contributed by atoms with Gasteiger partial charge >= 0.3 is 5.88 Å². The molecule has 0 spiro atoms. The summed E-state index contributed by atoms with van der Waals surface area (Å²) >= 11 is 0. The first kappa shape index (κ1) is 17.1. The van der Waals surface area contributed by atoms with Crippen molar-refractivity contribution in [2.24, 2.45) is 5.92 Å². The number of anilines is 1. The van der Waals surface area contributed by atoms with Gasteiger partial charge in [0.15, 0.2) is 5.76 Å². The van der Waals surface area contributed by atoms with Crippen LogP contribution in [0.2, 0.25) is 0 Å². The van der Waals surface area contributed by atoms with Crippen molar-refractivity contribution in [1.29, 1.82) is 0 Å². The van der Waals surface area contributed by atoms with Gasteiger partial charge in [-0.3, -0.25) is 29.8 Å². The van der Waals surface area contributed by atoms with Crippen LogP contribution < -0.4 is 5.32 Å². The summed E-state index contributed by atoms with van der Waals surface area (Å²) in [6, 6.07) is 7.68. The summed E-state index contributed by atoms with van der Waals surface area (Å²) in [5.74, 6) is -1.99. The van der Waals surface area contributed by atoms with Crippen molar-refractivity contribution in [2.45, 2.75) is 0 Å². The van der Waals surface area contributed by atoms with Gasteiger partial charge in [-0.05, 0) is 18.2 Å². The predicted octanol–water partition coefficient (Wildman–Crippen LogP) is 1.81. The van der Waals surface area contributed by atoms with Gasteiger partial charge in [-0.15, -0.1) is 0 Å². The average molecular weight is 360 g/mol. The highest BCUT2D eigenvalue weighted by Gasteiger charge is 2.37. The van der Waals surface area contributed by atoms with Gasteiger partial charge in [-0.25, -0.2) is 0 Å². The molecule has 134 valence electrons. The second kappa shape index (κ2) is 6.63. The SMILES string of the molecule is O=C(Nc1ccc([N+](=O)[O-])cc1)C1CN(C(=O)c2ccc([N+](=O)[O-])o2)C1. The average Bonchev–Trinajstić information content (AvgIpc) is 3.04. The molecule has 0 radical (unpaired) electrons. The molecular weight excluding hydrogens is 348 g/mol. The van der Waals surface area contributed by atoms with E-state index in [1.807, 2.05) is 0 Å². The molecule has 0 atom stereocenters. The smallest absolute Gasteiger partial charge is 0.395 e. The Morgan fingerprint density at radius 2 is 1.69 bits per heavy atom. The number of furan rings is 1. The Balaban J connectivity index is 1.53. The Kier molecular flexibility index (Phi) is 4.35. The number of nitrogens with one attached hydrogen (secondary N) is 1. The van der Waals surface area contributed by atoms with Gasteiger partial charge in [0.05, 0.1) is 16.9 Å². The fraction of sp³-hybridized carbons (Fsp3) is 0.200. The largest absolute Gasteiger partial charge is 0.433 e. The van der Waals surface area contributed by atoms with Crippen molar-refractivity contribution >= 4 is 29.1 Å². The molecule has 0 unspecified atom stereocenters. The number of amides is 2. The lowest BCUT2D eigenvalue weighted by Crippen LogP contribution is -2.54. The summed E-state index contributed by atoms with van der Waals surface area (Å²) in [4.78, 5) is 45.4. The summed E-state index contributed by atoms with van der Waals surface area (Å²) in [6.07, 6.45) is 0. The molecular formula is C15H12N4O7. The number of carbonyl (C=O) groups is 2. The first-order chi connectivity index (χ1) is 12.3. The molecule has 1 fully saturated rings. The van der Waals surface area contributed by atoms with Gasteiger partial charge < -0.3 is 14.6 Å². The maximum atomic E-state index is 12.1. The minimum Gasteiger partial charge on any atom is -0.395 e. The molecule has 1 saturated heterocycles. The van der Waals surface area contributed by atoms with E-state index in [0.29, 0.717) is 5.69 Å². The predicted molar refractivity (Wildman–Crippen MR) is 86.5 cm³/mol. The Bertz CT molecular complexity index is 884. The molecule has 1 aliphatic heterocycles. The minimum atomic E-state index is -0.743. The molecule has 1 N–H and O–H groups in total. The topological polar surface area (TPSA) is 149 Å². The van der Waals surface area contributed by atoms with Crippen LogP contribution in [-0.4, -0.2) is 39.7 Å². The van der Waals surface area contributed by atoms with Gasteiger partial charge in [0.1, 0.15) is 4.92 Å². The van der Waals surface area contributed by atoms with Crippen molar-refractivity contribution < 1.29 is 23.9 Å². The minimum absolute atomic E-state index is 0.0871. The third-order valence-corrected chi connectivity index (χ3v) is 3.87.